The van der Waals surface area contributed by atoms with E-state index in [0.717, 1.165) is 56.1 Å². The van der Waals surface area contributed by atoms with Gasteiger partial charge in [-0.3, -0.25) is 0 Å². The predicted molar refractivity (Wildman–Crippen MR) is 97.0 cm³/mol. The number of hydrogen-bond acceptors (Lipinski definition) is 3. The molecule has 0 aromatic carbocycles. The monoisotopic (exact) mass is 348 g/mol. The standard InChI is InChI=1S/C22H36O3/c1-19-10-11-22(24-12-13-25-22)14-15(19)4-5-16-17(19)6-8-20(2)18(16)7-9-21(20,3)23/h15-18,23H,4-14H2,1-3H3/t15-,16?,17?,18?,19?,20?,21-/m0/s1. The molecule has 1 N–H and O–H groups in total. The fourth-order valence-electron chi connectivity index (χ4n) is 8.20. The van der Waals surface area contributed by atoms with E-state index in [9.17, 15) is 5.11 Å². The summed E-state index contributed by atoms with van der Waals surface area (Å²) in [7, 11) is 0. The van der Waals surface area contributed by atoms with Crippen LogP contribution in [0.3, 0.4) is 0 Å². The molecule has 5 rings (SSSR count). The van der Waals surface area contributed by atoms with Gasteiger partial charge in [-0.05, 0) is 86.4 Å². The van der Waals surface area contributed by atoms with Crippen molar-refractivity contribution in [1.82, 2.24) is 0 Å². The molecule has 3 nitrogen and oxygen atoms in total. The number of rotatable bonds is 0. The lowest BCUT2D eigenvalue weighted by Crippen LogP contribution is -2.57. The van der Waals surface area contributed by atoms with Crippen LogP contribution in [0.4, 0.5) is 0 Å². The zero-order chi connectivity index (χ0) is 17.5. The third-order valence-electron chi connectivity index (χ3n) is 10.0. The van der Waals surface area contributed by atoms with Crippen molar-refractivity contribution in [2.45, 2.75) is 89.9 Å². The lowest BCUT2D eigenvalue weighted by molar-refractivity contribution is -0.232. The van der Waals surface area contributed by atoms with Gasteiger partial charge in [0.05, 0.1) is 18.8 Å². The van der Waals surface area contributed by atoms with E-state index >= 15 is 0 Å². The van der Waals surface area contributed by atoms with Crippen LogP contribution < -0.4 is 0 Å². The molecule has 4 saturated carbocycles. The Kier molecular flexibility index (Phi) is 3.56. The van der Waals surface area contributed by atoms with E-state index in [-0.39, 0.29) is 11.2 Å². The van der Waals surface area contributed by atoms with Crippen molar-refractivity contribution >= 4 is 0 Å². The van der Waals surface area contributed by atoms with Crippen molar-refractivity contribution in [3.63, 3.8) is 0 Å². The molecule has 142 valence electrons. The van der Waals surface area contributed by atoms with E-state index in [1.807, 2.05) is 0 Å². The fraction of sp³-hybridized carbons (Fsp3) is 1.00. The fourth-order valence-corrected chi connectivity index (χ4v) is 8.20. The summed E-state index contributed by atoms with van der Waals surface area (Å²) in [5, 5.41) is 11.0. The molecular weight excluding hydrogens is 312 g/mol. The maximum absolute atomic E-state index is 11.0. The maximum Gasteiger partial charge on any atom is 0.168 e. The van der Waals surface area contributed by atoms with Crippen molar-refractivity contribution in [1.29, 1.82) is 0 Å². The molecule has 0 aromatic heterocycles. The first-order valence-corrected chi connectivity index (χ1v) is 10.8. The molecule has 25 heavy (non-hydrogen) atoms. The van der Waals surface area contributed by atoms with Crippen LogP contribution in [0.5, 0.6) is 0 Å². The molecule has 7 atom stereocenters. The van der Waals surface area contributed by atoms with Crippen molar-refractivity contribution in [3.8, 4) is 0 Å². The molecule has 5 fully saturated rings. The highest BCUT2D eigenvalue weighted by Gasteiger charge is 2.64. The molecule has 0 radical (unpaired) electrons. The highest BCUT2D eigenvalue weighted by atomic mass is 16.7. The second kappa shape index (κ2) is 5.23. The van der Waals surface area contributed by atoms with Crippen LogP contribution >= 0.6 is 0 Å². The molecule has 0 aromatic rings. The smallest absolute Gasteiger partial charge is 0.168 e. The Bertz CT molecular complexity index is 551. The minimum atomic E-state index is -0.456. The first-order valence-electron chi connectivity index (χ1n) is 10.8. The maximum atomic E-state index is 11.0. The Labute approximate surface area is 152 Å². The summed E-state index contributed by atoms with van der Waals surface area (Å²) in [5.41, 5.74) is 0.146. The predicted octanol–water partition coefficient (Wildman–Crippen LogP) is 4.52. The molecule has 1 saturated heterocycles. The number of hydrogen-bond donors (Lipinski definition) is 1. The highest BCUT2D eigenvalue weighted by Crippen LogP contribution is 2.69. The van der Waals surface area contributed by atoms with Gasteiger partial charge in [-0.15, -0.1) is 0 Å². The van der Waals surface area contributed by atoms with Crippen LogP contribution in [-0.2, 0) is 9.47 Å². The lowest BCUT2D eigenvalue weighted by Gasteiger charge is -2.62. The molecular formula is C22H36O3. The number of aliphatic hydroxyl groups is 1. The lowest BCUT2D eigenvalue weighted by atomic mass is 9.44. The largest absolute Gasteiger partial charge is 0.390 e. The van der Waals surface area contributed by atoms with E-state index in [0.29, 0.717) is 5.41 Å². The van der Waals surface area contributed by atoms with Crippen LogP contribution in [0, 0.1) is 34.5 Å². The van der Waals surface area contributed by atoms with Crippen molar-refractivity contribution in [2.24, 2.45) is 34.5 Å². The molecule has 4 aliphatic carbocycles. The van der Waals surface area contributed by atoms with Crippen LogP contribution in [0.1, 0.15) is 78.6 Å². The molecule has 5 unspecified atom stereocenters. The van der Waals surface area contributed by atoms with Gasteiger partial charge >= 0.3 is 0 Å². The van der Waals surface area contributed by atoms with Gasteiger partial charge < -0.3 is 14.6 Å². The van der Waals surface area contributed by atoms with Crippen LogP contribution in [-0.4, -0.2) is 29.7 Å². The summed E-state index contributed by atoms with van der Waals surface area (Å²) in [6.45, 7) is 8.66. The summed E-state index contributed by atoms with van der Waals surface area (Å²) in [6, 6.07) is 0. The van der Waals surface area contributed by atoms with E-state index < -0.39 is 5.60 Å². The third kappa shape index (κ3) is 2.15. The zero-order valence-electron chi connectivity index (χ0n) is 16.4. The molecule has 3 heteroatoms. The van der Waals surface area contributed by atoms with E-state index in [1.54, 1.807) is 0 Å². The summed E-state index contributed by atoms with van der Waals surface area (Å²) in [5.74, 6) is 2.92. The van der Waals surface area contributed by atoms with Gasteiger partial charge in [-0.2, -0.15) is 0 Å². The second-order valence-corrected chi connectivity index (χ2v) is 10.7. The van der Waals surface area contributed by atoms with Gasteiger partial charge in [0.2, 0.25) is 0 Å². The minimum Gasteiger partial charge on any atom is -0.390 e. The third-order valence-corrected chi connectivity index (χ3v) is 10.0. The molecule has 1 aliphatic heterocycles. The topological polar surface area (TPSA) is 38.7 Å². The molecule has 1 heterocycles. The SMILES string of the molecule is CC12CCC3(C[C@@H]1CCC1C2CCC2(C)C1CC[C@]2(C)O)OCCO3. The second-order valence-electron chi connectivity index (χ2n) is 10.7. The molecule has 1 spiro atoms. The Balaban J connectivity index is 1.41. The molecule has 0 bridgehead atoms. The Hall–Kier alpha value is -0.120. The van der Waals surface area contributed by atoms with Crippen molar-refractivity contribution in [2.75, 3.05) is 13.2 Å². The quantitative estimate of drug-likeness (QED) is 0.699. The van der Waals surface area contributed by atoms with Gasteiger partial charge in [0.15, 0.2) is 5.79 Å². The number of ether oxygens (including phenoxy) is 2. The average molecular weight is 349 g/mol. The van der Waals surface area contributed by atoms with Gasteiger partial charge in [-0.1, -0.05) is 13.8 Å². The summed E-state index contributed by atoms with van der Waals surface area (Å²) >= 11 is 0. The summed E-state index contributed by atoms with van der Waals surface area (Å²) < 4.78 is 12.1. The van der Waals surface area contributed by atoms with Gasteiger partial charge in [0, 0.05) is 12.8 Å². The first kappa shape index (κ1) is 17.0. The molecule has 5 aliphatic rings. The first-order chi connectivity index (χ1) is 11.8. The normalized spacial score (nSPS) is 57.1. The Morgan fingerprint density at radius 3 is 2.28 bits per heavy atom. The van der Waals surface area contributed by atoms with E-state index in [1.165, 1.54) is 38.5 Å². The average Bonchev–Trinajstić information content (AvgIpc) is 3.11. The Morgan fingerprint density at radius 1 is 0.800 bits per heavy atom. The summed E-state index contributed by atoms with van der Waals surface area (Å²) in [4.78, 5) is 0. The minimum absolute atomic E-state index is 0.144. The van der Waals surface area contributed by atoms with Crippen molar-refractivity contribution < 1.29 is 14.6 Å². The zero-order valence-corrected chi connectivity index (χ0v) is 16.4. The van der Waals surface area contributed by atoms with Crippen molar-refractivity contribution in [3.05, 3.63) is 0 Å². The van der Waals surface area contributed by atoms with E-state index in [2.05, 4.69) is 20.8 Å². The Morgan fingerprint density at radius 2 is 1.52 bits per heavy atom. The van der Waals surface area contributed by atoms with E-state index in [4.69, 9.17) is 9.47 Å². The highest BCUT2D eigenvalue weighted by molar-refractivity contribution is 5.13. The number of fused-ring (bicyclic) bond motifs is 5. The van der Waals surface area contributed by atoms with Gasteiger partial charge in [0.25, 0.3) is 0 Å². The molecule has 0 amide bonds. The van der Waals surface area contributed by atoms with Crippen LogP contribution in [0.15, 0.2) is 0 Å². The van der Waals surface area contributed by atoms with Crippen LogP contribution in [0.2, 0.25) is 0 Å². The summed E-state index contributed by atoms with van der Waals surface area (Å²) in [6.07, 6.45) is 10.9. The van der Waals surface area contributed by atoms with Gasteiger partial charge in [0.1, 0.15) is 0 Å². The van der Waals surface area contributed by atoms with Crippen LogP contribution in [0.25, 0.3) is 0 Å². The van der Waals surface area contributed by atoms with Gasteiger partial charge in [-0.25, -0.2) is 0 Å².